The van der Waals surface area contributed by atoms with E-state index in [-0.39, 0.29) is 5.91 Å². The van der Waals surface area contributed by atoms with Crippen LogP contribution >= 0.6 is 0 Å². The summed E-state index contributed by atoms with van der Waals surface area (Å²) >= 11 is 0. The second-order valence-electron chi connectivity index (χ2n) is 5.15. The maximum Gasteiger partial charge on any atom is 0.253 e. The van der Waals surface area contributed by atoms with E-state index in [0.29, 0.717) is 17.9 Å². The minimum atomic E-state index is -0.182. The number of amides is 1. The van der Waals surface area contributed by atoms with Crippen molar-refractivity contribution in [2.45, 2.75) is 6.54 Å². The van der Waals surface area contributed by atoms with Crippen molar-refractivity contribution in [1.82, 2.24) is 35.3 Å². The molecule has 0 saturated heterocycles. The standard InChI is InChI=1S/C16H13N7O/c24-16(13-5-1-3-11-8-20-22-14(11)13)19-7-12-4-2-6-18-15(12)23-10-17-9-21-23/h1-6,8-10H,7H2,(H,19,24)(H,20,22). The number of para-hydroxylation sites is 1. The Balaban J connectivity index is 1.58. The third-order valence-corrected chi connectivity index (χ3v) is 3.66. The average molecular weight is 319 g/mol. The molecule has 0 saturated carbocycles. The average Bonchev–Trinajstić information content (AvgIpc) is 3.30. The zero-order valence-corrected chi connectivity index (χ0v) is 12.5. The Bertz CT molecular complexity index is 991. The van der Waals surface area contributed by atoms with Crippen LogP contribution in [0.4, 0.5) is 0 Å². The number of carbonyl (C=O) groups excluding carboxylic acids is 1. The molecule has 1 amide bonds. The van der Waals surface area contributed by atoms with E-state index in [4.69, 9.17) is 0 Å². The minimum Gasteiger partial charge on any atom is -0.348 e. The summed E-state index contributed by atoms with van der Waals surface area (Å²) in [6.07, 6.45) is 6.37. The summed E-state index contributed by atoms with van der Waals surface area (Å²) in [6, 6.07) is 9.20. The van der Waals surface area contributed by atoms with Gasteiger partial charge in [-0.1, -0.05) is 18.2 Å². The van der Waals surface area contributed by atoms with Gasteiger partial charge in [-0.05, 0) is 12.1 Å². The third-order valence-electron chi connectivity index (χ3n) is 3.66. The quantitative estimate of drug-likeness (QED) is 0.593. The normalized spacial score (nSPS) is 10.8. The van der Waals surface area contributed by atoms with Crippen molar-refractivity contribution in [2.24, 2.45) is 0 Å². The number of nitrogens with zero attached hydrogens (tertiary/aromatic N) is 5. The molecular weight excluding hydrogens is 306 g/mol. The van der Waals surface area contributed by atoms with Crippen LogP contribution in [0.3, 0.4) is 0 Å². The van der Waals surface area contributed by atoms with Crippen LogP contribution in [-0.4, -0.2) is 35.9 Å². The van der Waals surface area contributed by atoms with Gasteiger partial charge in [-0.25, -0.2) is 14.6 Å². The number of H-pyrrole nitrogens is 1. The topological polar surface area (TPSA) is 101 Å². The summed E-state index contributed by atoms with van der Waals surface area (Å²) in [6.45, 7) is 0.326. The van der Waals surface area contributed by atoms with E-state index in [1.807, 2.05) is 24.3 Å². The van der Waals surface area contributed by atoms with E-state index < -0.39 is 0 Å². The van der Waals surface area contributed by atoms with Crippen LogP contribution in [0.2, 0.25) is 0 Å². The molecule has 0 atom stereocenters. The molecule has 3 heterocycles. The number of aromatic amines is 1. The van der Waals surface area contributed by atoms with E-state index in [1.165, 1.54) is 6.33 Å². The molecule has 0 fully saturated rings. The highest BCUT2D eigenvalue weighted by atomic mass is 16.1. The van der Waals surface area contributed by atoms with Crippen molar-refractivity contribution < 1.29 is 4.79 Å². The Morgan fingerprint density at radius 1 is 1.25 bits per heavy atom. The highest BCUT2D eigenvalue weighted by Gasteiger charge is 2.13. The second-order valence-corrected chi connectivity index (χ2v) is 5.15. The van der Waals surface area contributed by atoms with Crippen LogP contribution in [0.15, 0.2) is 55.4 Å². The van der Waals surface area contributed by atoms with Crippen LogP contribution in [0, 0.1) is 0 Å². The molecule has 1 aromatic carbocycles. The first-order chi connectivity index (χ1) is 11.8. The number of carbonyl (C=O) groups is 1. The number of benzene rings is 1. The number of rotatable bonds is 4. The Hall–Kier alpha value is -3.55. The van der Waals surface area contributed by atoms with Crippen LogP contribution in [0.5, 0.6) is 0 Å². The molecule has 2 N–H and O–H groups in total. The van der Waals surface area contributed by atoms with E-state index in [2.05, 4.69) is 30.6 Å². The lowest BCUT2D eigenvalue weighted by molar-refractivity contribution is 0.0952. The van der Waals surface area contributed by atoms with Crippen molar-refractivity contribution in [3.63, 3.8) is 0 Å². The van der Waals surface area contributed by atoms with Crippen LogP contribution in [0.25, 0.3) is 16.7 Å². The van der Waals surface area contributed by atoms with Gasteiger partial charge < -0.3 is 5.32 Å². The van der Waals surface area contributed by atoms with Crippen molar-refractivity contribution in [2.75, 3.05) is 0 Å². The lowest BCUT2D eigenvalue weighted by Crippen LogP contribution is -2.24. The molecule has 0 radical (unpaired) electrons. The predicted octanol–water partition coefficient (Wildman–Crippen LogP) is 1.47. The molecule has 0 spiro atoms. The van der Waals surface area contributed by atoms with Crippen molar-refractivity contribution >= 4 is 16.8 Å². The number of pyridine rings is 1. The van der Waals surface area contributed by atoms with Crippen LogP contribution < -0.4 is 5.32 Å². The first kappa shape index (κ1) is 14.1. The van der Waals surface area contributed by atoms with Crippen molar-refractivity contribution in [1.29, 1.82) is 0 Å². The van der Waals surface area contributed by atoms with Crippen LogP contribution in [0.1, 0.15) is 15.9 Å². The molecule has 24 heavy (non-hydrogen) atoms. The molecule has 0 unspecified atom stereocenters. The maximum atomic E-state index is 12.5. The summed E-state index contributed by atoms with van der Waals surface area (Å²) in [7, 11) is 0. The fourth-order valence-electron chi connectivity index (χ4n) is 2.52. The zero-order valence-electron chi connectivity index (χ0n) is 12.5. The number of aromatic nitrogens is 6. The lowest BCUT2D eigenvalue weighted by atomic mass is 10.1. The van der Waals surface area contributed by atoms with E-state index in [9.17, 15) is 4.79 Å². The SMILES string of the molecule is O=C(NCc1cccnc1-n1cncn1)c1cccc2cn[nH]c12. The summed E-state index contributed by atoms with van der Waals surface area (Å²) in [5.41, 5.74) is 2.11. The number of nitrogens with one attached hydrogen (secondary N) is 2. The van der Waals surface area contributed by atoms with Crippen molar-refractivity contribution in [3.05, 3.63) is 66.5 Å². The Morgan fingerprint density at radius 2 is 2.21 bits per heavy atom. The number of hydrogen-bond acceptors (Lipinski definition) is 5. The smallest absolute Gasteiger partial charge is 0.253 e. The van der Waals surface area contributed by atoms with Gasteiger partial charge in [-0.3, -0.25) is 9.89 Å². The van der Waals surface area contributed by atoms with Gasteiger partial charge in [0, 0.05) is 23.7 Å². The Kier molecular flexibility index (Phi) is 3.47. The summed E-state index contributed by atoms with van der Waals surface area (Å²) < 4.78 is 1.57. The molecule has 4 rings (SSSR count). The summed E-state index contributed by atoms with van der Waals surface area (Å²) in [4.78, 5) is 20.7. The molecule has 8 nitrogen and oxygen atoms in total. The highest BCUT2D eigenvalue weighted by molar-refractivity contribution is 6.05. The molecule has 0 bridgehead atoms. The third kappa shape index (κ3) is 2.50. The number of hydrogen-bond donors (Lipinski definition) is 2. The lowest BCUT2D eigenvalue weighted by Gasteiger charge is -2.09. The van der Waals surface area contributed by atoms with E-state index in [1.54, 1.807) is 29.5 Å². The molecule has 0 aliphatic carbocycles. The molecule has 118 valence electrons. The Labute approximate surface area is 136 Å². The summed E-state index contributed by atoms with van der Waals surface area (Å²) in [5.74, 6) is 0.452. The van der Waals surface area contributed by atoms with Crippen LogP contribution in [-0.2, 0) is 6.54 Å². The molecule has 4 aromatic rings. The minimum absolute atomic E-state index is 0.182. The first-order valence-electron chi connectivity index (χ1n) is 7.32. The van der Waals surface area contributed by atoms with Gasteiger partial charge >= 0.3 is 0 Å². The van der Waals surface area contributed by atoms with E-state index in [0.717, 1.165) is 16.5 Å². The molecule has 0 aliphatic heterocycles. The van der Waals surface area contributed by atoms with Crippen molar-refractivity contribution in [3.8, 4) is 5.82 Å². The van der Waals surface area contributed by atoms with Gasteiger partial charge in [0.2, 0.25) is 0 Å². The zero-order chi connectivity index (χ0) is 16.4. The van der Waals surface area contributed by atoms with Gasteiger partial charge in [-0.2, -0.15) is 10.2 Å². The van der Waals surface area contributed by atoms with Gasteiger partial charge in [0.1, 0.15) is 12.7 Å². The van der Waals surface area contributed by atoms with Gasteiger partial charge in [0.15, 0.2) is 5.82 Å². The van der Waals surface area contributed by atoms with Gasteiger partial charge in [0.25, 0.3) is 5.91 Å². The number of fused-ring (bicyclic) bond motifs is 1. The fourth-order valence-corrected chi connectivity index (χ4v) is 2.52. The second kappa shape index (κ2) is 5.92. The molecule has 8 heteroatoms. The monoisotopic (exact) mass is 319 g/mol. The highest BCUT2D eigenvalue weighted by Crippen LogP contribution is 2.16. The maximum absolute atomic E-state index is 12.5. The summed E-state index contributed by atoms with van der Waals surface area (Å²) in [5, 5.41) is 14.7. The largest absolute Gasteiger partial charge is 0.348 e. The fraction of sp³-hybridized carbons (Fsp3) is 0.0625. The van der Waals surface area contributed by atoms with Gasteiger partial charge in [-0.15, -0.1) is 0 Å². The molecule has 0 aliphatic rings. The van der Waals surface area contributed by atoms with Gasteiger partial charge in [0.05, 0.1) is 17.3 Å². The van der Waals surface area contributed by atoms with E-state index >= 15 is 0 Å². The first-order valence-corrected chi connectivity index (χ1v) is 7.32. The molecular formula is C16H13N7O. The predicted molar refractivity (Wildman–Crippen MR) is 86.4 cm³/mol. The molecule has 3 aromatic heterocycles. The Morgan fingerprint density at radius 3 is 3.08 bits per heavy atom.